The first-order valence-corrected chi connectivity index (χ1v) is 6.82. The molecule has 106 valence electrons. The summed E-state index contributed by atoms with van der Waals surface area (Å²) in [4.78, 5) is 12.2. The number of carbonyl (C=O) groups excluding carboxylic acids is 1. The number of rotatable bonds is 4. The van der Waals surface area contributed by atoms with Crippen LogP contribution in [0.3, 0.4) is 0 Å². The lowest BCUT2D eigenvalue weighted by Crippen LogP contribution is -2.31. The number of nitrogens with one attached hydrogen (secondary N) is 1. The third-order valence-electron chi connectivity index (χ3n) is 2.89. The summed E-state index contributed by atoms with van der Waals surface area (Å²) in [6.45, 7) is 7.91. The lowest BCUT2D eigenvalue weighted by molar-refractivity contribution is 0.0936. The van der Waals surface area contributed by atoms with Crippen molar-refractivity contribution in [1.29, 1.82) is 0 Å². The molecule has 0 aliphatic heterocycles. The van der Waals surface area contributed by atoms with E-state index in [0.717, 1.165) is 11.4 Å². The Bertz CT molecular complexity index is 587. The Morgan fingerprint density at radius 3 is 2.35 bits per heavy atom. The van der Waals surface area contributed by atoms with Gasteiger partial charge >= 0.3 is 0 Å². The Morgan fingerprint density at radius 2 is 1.80 bits per heavy atom. The maximum Gasteiger partial charge on any atom is 0.273 e. The highest BCUT2D eigenvalue weighted by Crippen LogP contribution is 2.21. The van der Waals surface area contributed by atoms with E-state index in [2.05, 4.69) is 15.6 Å². The van der Waals surface area contributed by atoms with Gasteiger partial charge in [0.2, 0.25) is 0 Å². The normalized spacial score (nSPS) is 11.1. The number of carbonyl (C=O) groups is 1. The Morgan fingerprint density at radius 1 is 1.15 bits per heavy atom. The third-order valence-corrected chi connectivity index (χ3v) is 2.89. The fourth-order valence-corrected chi connectivity index (χ4v) is 2.06. The van der Waals surface area contributed by atoms with Gasteiger partial charge in [-0.15, -0.1) is 5.10 Å². The molecule has 5 heteroatoms. The molecule has 0 unspecified atom stereocenters. The molecule has 1 amide bonds. The van der Waals surface area contributed by atoms with Crippen LogP contribution < -0.4 is 5.32 Å². The molecule has 0 spiro atoms. The highest BCUT2D eigenvalue weighted by atomic mass is 16.2. The van der Waals surface area contributed by atoms with Gasteiger partial charge in [0, 0.05) is 6.04 Å². The molecule has 0 atom stereocenters. The highest BCUT2D eigenvalue weighted by Gasteiger charge is 2.23. The van der Waals surface area contributed by atoms with Gasteiger partial charge in [0.15, 0.2) is 5.69 Å². The second-order valence-corrected chi connectivity index (χ2v) is 5.35. The molecular formula is C15H20N4O. The summed E-state index contributed by atoms with van der Waals surface area (Å²) in [5.41, 5.74) is 2.14. The quantitative estimate of drug-likeness (QED) is 0.930. The highest BCUT2D eigenvalue weighted by molar-refractivity contribution is 5.93. The molecular weight excluding hydrogens is 252 g/mol. The van der Waals surface area contributed by atoms with E-state index < -0.39 is 0 Å². The van der Waals surface area contributed by atoms with Gasteiger partial charge in [-0.25, -0.2) is 4.68 Å². The maximum atomic E-state index is 12.2. The van der Waals surface area contributed by atoms with Crippen LogP contribution >= 0.6 is 0 Å². The number of aromatic nitrogens is 3. The van der Waals surface area contributed by atoms with Crippen LogP contribution in [0.15, 0.2) is 30.3 Å². The first-order chi connectivity index (χ1) is 9.50. The van der Waals surface area contributed by atoms with E-state index in [1.807, 2.05) is 58.0 Å². The van der Waals surface area contributed by atoms with Crippen molar-refractivity contribution >= 4 is 5.91 Å². The molecule has 1 aromatic heterocycles. The second kappa shape index (κ2) is 5.86. The van der Waals surface area contributed by atoms with Gasteiger partial charge in [0.25, 0.3) is 5.91 Å². The van der Waals surface area contributed by atoms with Crippen molar-refractivity contribution in [2.75, 3.05) is 0 Å². The van der Waals surface area contributed by atoms with E-state index in [1.54, 1.807) is 4.68 Å². The molecule has 2 aromatic rings. The van der Waals surface area contributed by atoms with Gasteiger partial charge in [-0.3, -0.25) is 4.79 Å². The van der Waals surface area contributed by atoms with E-state index in [0.29, 0.717) is 5.69 Å². The molecule has 0 aliphatic rings. The van der Waals surface area contributed by atoms with Gasteiger partial charge in [0.1, 0.15) is 0 Å². The molecule has 0 fully saturated rings. The molecule has 1 aromatic carbocycles. The fourth-order valence-electron chi connectivity index (χ4n) is 2.06. The van der Waals surface area contributed by atoms with Crippen molar-refractivity contribution in [1.82, 2.24) is 20.3 Å². The lowest BCUT2D eigenvalue weighted by atomic mass is 10.1. The summed E-state index contributed by atoms with van der Waals surface area (Å²) in [6, 6.07) is 9.80. The molecule has 0 bridgehead atoms. The molecule has 0 aliphatic carbocycles. The standard InChI is InChI=1S/C15H20N4O/c1-10(2)14-13(15(20)16-11(3)4)17-18-19(14)12-8-6-5-7-9-12/h5-11H,1-4H3,(H,16,20). The first-order valence-electron chi connectivity index (χ1n) is 6.82. The number of amides is 1. The number of hydrogen-bond donors (Lipinski definition) is 1. The van der Waals surface area contributed by atoms with Crippen LogP contribution in [0.1, 0.15) is 49.8 Å². The van der Waals surface area contributed by atoms with Crippen molar-refractivity contribution in [3.63, 3.8) is 0 Å². The van der Waals surface area contributed by atoms with Gasteiger partial charge in [-0.1, -0.05) is 37.3 Å². The van der Waals surface area contributed by atoms with E-state index in [9.17, 15) is 4.79 Å². The summed E-state index contributed by atoms with van der Waals surface area (Å²) in [7, 11) is 0. The predicted octanol–water partition coefficient (Wildman–Crippen LogP) is 2.53. The molecule has 0 radical (unpaired) electrons. The summed E-state index contributed by atoms with van der Waals surface area (Å²) in [5.74, 6) is -0.0241. The van der Waals surface area contributed by atoms with Crippen LogP contribution in [0.2, 0.25) is 0 Å². The van der Waals surface area contributed by atoms with Gasteiger partial charge in [0.05, 0.1) is 11.4 Å². The van der Waals surface area contributed by atoms with Crippen molar-refractivity contribution in [2.45, 2.75) is 39.7 Å². The van der Waals surface area contributed by atoms with E-state index in [1.165, 1.54) is 0 Å². The summed E-state index contributed by atoms with van der Waals surface area (Å²) >= 11 is 0. The maximum absolute atomic E-state index is 12.2. The summed E-state index contributed by atoms with van der Waals surface area (Å²) in [5, 5.41) is 11.1. The Labute approximate surface area is 119 Å². The zero-order valence-electron chi connectivity index (χ0n) is 12.3. The van der Waals surface area contributed by atoms with Crippen LogP contribution in [0.25, 0.3) is 5.69 Å². The van der Waals surface area contributed by atoms with Crippen molar-refractivity contribution < 1.29 is 4.79 Å². The number of benzene rings is 1. The van der Waals surface area contributed by atoms with Crippen LogP contribution in [-0.4, -0.2) is 26.9 Å². The van der Waals surface area contributed by atoms with Crippen LogP contribution in [0, 0.1) is 0 Å². The molecule has 1 N–H and O–H groups in total. The average Bonchev–Trinajstić information content (AvgIpc) is 2.83. The van der Waals surface area contributed by atoms with E-state index in [-0.39, 0.29) is 17.9 Å². The Balaban J connectivity index is 2.46. The topological polar surface area (TPSA) is 59.8 Å². The Kier molecular flexibility index (Phi) is 4.17. The number of hydrogen-bond acceptors (Lipinski definition) is 3. The molecule has 1 heterocycles. The smallest absolute Gasteiger partial charge is 0.273 e. The number of para-hydroxylation sites is 1. The van der Waals surface area contributed by atoms with Crippen molar-refractivity contribution in [3.05, 3.63) is 41.7 Å². The van der Waals surface area contributed by atoms with E-state index in [4.69, 9.17) is 0 Å². The molecule has 20 heavy (non-hydrogen) atoms. The second-order valence-electron chi connectivity index (χ2n) is 5.35. The summed E-state index contributed by atoms with van der Waals surface area (Å²) in [6.07, 6.45) is 0. The third kappa shape index (κ3) is 2.87. The Hall–Kier alpha value is -2.17. The van der Waals surface area contributed by atoms with Gasteiger partial charge in [-0.05, 0) is 31.9 Å². The average molecular weight is 272 g/mol. The van der Waals surface area contributed by atoms with Crippen LogP contribution in [0.5, 0.6) is 0 Å². The zero-order valence-corrected chi connectivity index (χ0v) is 12.3. The van der Waals surface area contributed by atoms with E-state index >= 15 is 0 Å². The lowest BCUT2D eigenvalue weighted by Gasteiger charge is -2.12. The molecule has 0 saturated carbocycles. The predicted molar refractivity (Wildman–Crippen MR) is 78.1 cm³/mol. The molecule has 5 nitrogen and oxygen atoms in total. The minimum absolute atomic E-state index is 0.0735. The zero-order chi connectivity index (χ0) is 14.7. The van der Waals surface area contributed by atoms with Gasteiger partial charge in [-0.2, -0.15) is 0 Å². The minimum atomic E-state index is -0.175. The number of nitrogens with zero attached hydrogens (tertiary/aromatic N) is 3. The monoisotopic (exact) mass is 272 g/mol. The largest absolute Gasteiger partial charge is 0.348 e. The van der Waals surface area contributed by atoms with Crippen molar-refractivity contribution in [2.24, 2.45) is 0 Å². The summed E-state index contributed by atoms with van der Waals surface area (Å²) < 4.78 is 1.74. The fraction of sp³-hybridized carbons (Fsp3) is 0.400. The van der Waals surface area contributed by atoms with Gasteiger partial charge < -0.3 is 5.32 Å². The first kappa shape index (κ1) is 14.2. The SMILES string of the molecule is CC(C)NC(=O)c1nnn(-c2ccccc2)c1C(C)C. The molecule has 2 rings (SSSR count). The van der Waals surface area contributed by atoms with Crippen LogP contribution in [-0.2, 0) is 0 Å². The van der Waals surface area contributed by atoms with Crippen LogP contribution in [0.4, 0.5) is 0 Å². The molecule has 0 saturated heterocycles. The minimum Gasteiger partial charge on any atom is -0.348 e. The van der Waals surface area contributed by atoms with Crippen molar-refractivity contribution in [3.8, 4) is 5.69 Å².